The third-order valence-corrected chi connectivity index (χ3v) is 7.63. The van der Waals surface area contributed by atoms with Crippen molar-refractivity contribution in [2.45, 2.75) is 13.5 Å². The molecule has 38 heavy (non-hydrogen) atoms. The van der Waals surface area contributed by atoms with Crippen molar-refractivity contribution in [2.75, 3.05) is 20.8 Å². The topological polar surface area (TPSA) is 77.4 Å². The highest BCUT2D eigenvalue weighted by Gasteiger charge is 2.30. The van der Waals surface area contributed by atoms with Crippen LogP contribution in [-0.2, 0) is 16.1 Å². The van der Waals surface area contributed by atoms with Gasteiger partial charge in [-0.2, -0.15) is 0 Å². The van der Waals surface area contributed by atoms with E-state index in [2.05, 4.69) is 20.9 Å². The Bertz CT molecular complexity index is 1430. The standard InChI is InChI=1S/C28H24BrClN2O5S/c1-4-36-27(34)17-9-11-20(12-10-17)31-28-32(2)26(33)25(38-28)14-19-13-23(35-3)24(15-21(19)29)37-16-18-7-5-6-8-22(18)30/h5-15H,4,16H2,1-3H3/b25-14-,31-28?. The first kappa shape index (κ1) is 27.8. The van der Waals surface area contributed by atoms with Gasteiger partial charge < -0.3 is 14.2 Å². The largest absolute Gasteiger partial charge is 0.493 e. The summed E-state index contributed by atoms with van der Waals surface area (Å²) in [4.78, 5) is 31.4. The summed E-state index contributed by atoms with van der Waals surface area (Å²) < 4.78 is 17.3. The second kappa shape index (κ2) is 12.5. The number of methoxy groups -OCH3 is 1. The Morgan fingerprint density at radius 2 is 1.87 bits per heavy atom. The molecule has 0 N–H and O–H groups in total. The fourth-order valence-corrected chi connectivity index (χ4v) is 5.10. The number of benzene rings is 3. The van der Waals surface area contributed by atoms with Crippen LogP contribution in [-0.4, -0.2) is 42.7 Å². The second-order valence-corrected chi connectivity index (χ2v) is 10.3. The Morgan fingerprint density at radius 3 is 2.55 bits per heavy atom. The molecular weight excluding hydrogens is 592 g/mol. The number of amides is 1. The molecule has 0 spiro atoms. The van der Waals surface area contributed by atoms with E-state index >= 15 is 0 Å². The Hall–Kier alpha value is -3.27. The molecule has 1 aliphatic rings. The zero-order valence-electron chi connectivity index (χ0n) is 20.9. The lowest BCUT2D eigenvalue weighted by Crippen LogP contribution is -2.23. The predicted molar refractivity (Wildman–Crippen MR) is 154 cm³/mol. The zero-order chi connectivity index (χ0) is 27.2. The molecule has 7 nitrogen and oxygen atoms in total. The lowest BCUT2D eigenvalue weighted by molar-refractivity contribution is -0.121. The van der Waals surface area contributed by atoms with Crippen molar-refractivity contribution in [1.82, 2.24) is 4.90 Å². The van der Waals surface area contributed by atoms with Gasteiger partial charge in [-0.3, -0.25) is 9.69 Å². The second-order valence-electron chi connectivity index (χ2n) is 8.04. The van der Waals surface area contributed by atoms with Gasteiger partial charge in [0, 0.05) is 22.1 Å². The molecule has 3 aromatic rings. The van der Waals surface area contributed by atoms with E-state index in [0.717, 1.165) is 15.6 Å². The van der Waals surface area contributed by atoms with Crippen molar-refractivity contribution in [3.63, 3.8) is 0 Å². The van der Waals surface area contributed by atoms with Crippen LogP contribution in [0.4, 0.5) is 5.69 Å². The van der Waals surface area contributed by atoms with Gasteiger partial charge in [-0.25, -0.2) is 9.79 Å². The first-order valence-electron chi connectivity index (χ1n) is 11.6. The number of rotatable bonds is 8. The van der Waals surface area contributed by atoms with Gasteiger partial charge in [-0.15, -0.1) is 0 Å². The number of carbonyl (C=O) groups is 2. The monoisotopic (exact) mass is 614 g/mol. The molecule has 1 saturated heterocycles. The van der Waals surface area contributed by atoms with Crippen LogP contribution < -0.4 is 9.47 Å². The number of esters is 1. The van der Waals surface area contributed by atoms with Gasteiger partial charge >= 0.3 is 5.97 Å². The third-order valence-electron chi connectivity index (χ3n) is 5.52. The van der Waals surface area contributed by atoms with Crippen molar-refractivity contribution in [3.05, 3.63) is 91.8 Å². The van der Waals surface area contributed by atoms with Crippen LogP contribution in [0.15, 0.2) is 75.0 Å². The Kier molecular flexibility index (Phi) is 9.14. The molecular formula is C28H24BrClN2O5S. The van der Waals surface area contributed by atoms with Crippen LogP contribution in [0.3, 0.4) is 0 Å². The molecule has 10 heteroatoms. The molecule has 0 aromatic heterocycles. The van der Waals surface area contributed by atoms with E-state index in [-0.39, 0.29) is 18.5 Å². The summed E-state index contributed by atoms with van der Waals surface area (Å²) in [5.74, 6) is 0.492. The number of aliphatic imine (C=N–C) groups is 1. The summed E-state index contributed by atoms with van der Waals surface area (Å²) in [6.07, 6.45) is 1.78. The molecule has 1 fully saturated rings. The van der Waals surface area contributed by atoms with E-state index < -0.39 is 0 Å². The SMILES string of the molecule is CCOC(=O)c1ccc(N=C2S/C(=C\c3cc(OC)c(OCc4ccccc4Cl)cc3Br)C(=O)N2C)cc1. The van der Waals surface area contributed by atoms with Gasteiger partial charge in [0.2, 0.25) is 0 Å². The number of carbonyl (C=O) groups excluding carboxylic acids is 2. The maximum Gasteiger partial charge on any atom is 0.338 e. The van der Waals surface area contributed by atoms with Crippen molar-refractivity contribution >= 4 is 68.1 Å². The van der Waals surface area contributed by atoms with Crippen molar-refractivity contribution in [1.29, 1.82) is 0 Å². The minimum atomic E-state index is -0.388. The van der Waals surface area contributed by atoms with Crippen LogP contribution >= 0.6 is 39.3 Å². The Morgan fingerprint density at radius 1 is 1.13 bits per heavy atom. The number of hydrogen-bond donors (Lipinski definition) is 0. The first-order chi connectivity index (χ1) is 18.3. The highest BCUT2D eigenvalue weighted by Crippen LogP contribution is 2.38. The molecule has 4 rings (SSSR count). The van der Waals surface area contributed by atoms with Crippen molar-refractivity contribution in [2.24, 2.45) is 4.99 Å². The Balaban J connectivity index is 1.54. The summed E-state index contributed by atoms with van der Waals surface area (Å²) in [7, 11) is 3.23. The number of likely N-dealkylation sites (N-methyl/N-ethyl adjacent to an activating group) is 1. The van der Waals surface area contributed by atoms with E-state index in [1.54, 1.807) is 63.6 Å². The van der Waals surface area contributed by atoms with Crippen LogP contribution in [0.1, 0.15) is 28.4 Å². The highest BCUT2D eigenvalue weighted by molar-refractivity contribution is 9.10. The number of thioether (sulfide) groups is 1. The van der Waals surface area contributed by atoms with Gasteiger partial charge in [0.05, 0.1) is 29.9 Å². The van der Waals surface area contributed by atoms with Crippen LogP contribution in [0.25, 0.3) is 6.08 Å². The average molecular weight is 616 g/mol. The molecule has 0 saturated carbocycles. The van der Waals surface area contributed by atoms with E-state index in [0.29, 0.717) is 44.5 Å². The van der Waals surface area contributed by atoms with E-state index in [1.165, 1.54) is 16.7 Å². The maximum absolute atomic E-state index is 13.0. The number of amidine groups is 1. The van der Waals surface area contributed by atoms with Gasteiger partial charge in [0.15, 0.2) is 16.7 Å². The minimum Gasteiger partial charge on any atom is -0.493 e. The van der Waals surface area contributed by atoms with Gasteiger partial charge in [-0.05, 0) is 72.8 Å². The summed E-state index contributed by atoms with van der Waals surface area (Å²) >= 11 is 11.1. The molecule has 196 valence electrons. The zero-order valence-corrected chi connectivity index (χ0v) is 24.0. The molecule has 0 aliphatic carbocycles. The third kappa shape index (κ3) is 6.40. The fourth-order valence-electron chi connectivity index (χ4n) is 3.49. The summed E-state index contributed by atoms with van der Waals surface area (Å²) in [6.45, 7) is 2.34. The predicted octanol–water partition coefficient (Wildman–Crippen LogP) is 7.10. The van der Waals surface area contributed by atoms with E-state index in [9.17, 15) is 9.59 Å². The highest BCUT2D eigenvalue weighted by atomic mass is 79.9. The normalized spacial score (nSPS) is 15.3. The molecule has 1 heterocycles. The molecule has 1 aliphatic heterocycles. The quantitative estimate of drug-likeness (QED) is 0.199. The molecule has 3 aromatic carbocycles. The summed E-state index contributed by atoms with van der Waals surface area (Å²) in [6, 6.07) is 17.8. The number of ether oxygens (including phenoxy) is 3. The number of hydrogen-bond acceptors (Lipinski definition) is 7. The minimum absolute atomic E-state index is 0.179. The summed E-state index contributed by atoms with van der Waals surface area (Å²) in [5, 5.41) is 1.15. The molecule has 0 bridgehead atoms. The van der Waals surface area contributed by atoms with Gasteiger partial charge in [-0.1, -0.05) is 45.7 Å². The lowest BCUT2D eigenvalue weighted by atomic mass is 10.1. The van der Waals surface area contributed by atoms with Gasteiger partial charge in [0.25, 0.3) is 5.91 Å². The maximum atomic E-state index is 13.0. The number of nitrogens with zero attached hydrogens (tertiary/aromatic N) is 2. The smallest absolute Gasteiger partial charge is 0.338 e. The van der Waals surface area contributed by atoms with Crippen LogP contribution in [0.5, 0.6) is 11.5 Å². The van der Waals surface area contributed by atoms with Crippen LogP contribution in [0.2, 0.25) is 5.02 Å². The Labute approximate surface area is 238 Å². The molecule has 0 atom stereocenters. The van der Waals surface area contributed by atoms with Crippen LogP contribution in [0, 0.1) is 0 Å². The molecule has 1 amide bonds. The van der Waals surface area contributed by atoms with Crippen molar-refractivity contribution in [3.8, 4) is 11.5 Å². The lowest BCUT2D eigenvalue weighted by Gasteiger charge is -2.13. The van der Waals surface area contributed by atoms with Crippen molar-refractivity contribution < 1.29 is 23.8 Å². The van der Waals surface area contributed by atoms with E-state index in [4.69, 9.17) is 25.8 Å². The number of halogens is 2. The summed E-state index contributed by atoms with van der Waals surface area (Å²) in [5.41, 5.74) is 2.66. The first-order valence-corrected chi connectivity index (χ1v) is 13.6. The average Bonchev–Trinajstić information content (AvgIpc) is 3.17. The molecule has 0 unspecified atom stereocenters. The van der Waals surface area contributed by atoms with Gasteiger partial charge in [0.1, 0.15) is 6.61 Å². The molecule has 0 radical (unpaired) electrons. The van der Waals surface area contributed by atoms with E-state index in [1.807, 2.05) is 24.3 Å². The fraction of sp³-hybridized carbons (Fsp3) is 0.179.